The smallest absolute Gasteiger partial charge is 0.321 e. The highest BCUT2D eigenvalue weighted by molar-refractivity contribution is 6.34. The van der Waals surface area contributed by atoms with Crippen LogP contribution in [-0.2, 0) is 6.18 Å². The van der Waals surface area contributed by atoms with Crippen molar-refractivity contribution in [3.63, 3.8) is 0 Å². The number of aromatic nitrogens is 2. The summed E-state index contributed by atoms with van der Waals surface area (Å²) in [7, 11) is 0. The fraction of sp³-hybridized carbons (Fsp3) is 0.312. The van der Waals surface area contributed by atoms with Gasteiger partial charge >= 0.3 is 6.18 Å². The maximum atomic E-state index is 12.8. The van der Waals surface area contributed by atoms with Gasteiger partial charge in [-0.15, -0.1) is 0 Å². The molecule has 0 unspecified atom stereocenters. The molecule has 0 bridgehead atoms. The van der Waals surface area contributed by atoms with E-state index in [2.05, 4.69) is 15.3 Å². The second-order valence-corrected chi connectivity index (χ2v) is 5.94. The molecule has 1 heterocycles. The summed E-state index contributed by atoms with van der Waals surface area (Å²) < 4.78 is 38.3. The predicted octanol–water partition coefficient (Wildman–Crippen LogP) is 4.83. The molecule has 0 aliphatic rings. The summed E-state index contributed by atoms with van der Waals surface area (Å²) in [6, 6.07) is 2.73. The van der Waals surface area contributed by atoms with Gasteiger partial charge in [0, 0.05) is 12.1 Å². The summed E-state index contributed by atoms with van der Waals surface area (Å²) in [4.78, 5) is 20.6. The number of halogens is 4. The summed E-state index contributed by atoms with van der Waals surface area (Å²) in [6.07, 6.45) is -3.17. The topological polar surface area (TPSA) is 54.9 Å². The van der Waals surface area contributed by atoms with Crippen LogP contribution in [0.25, 0.3) is 0 Å². The van der Waals surface area contributed by atoms with Gasteiger partial charge in [-0.3, -0.25) is 4.79 Å². The number of anilines is 1. The molecular weight excluding hydrogens is 343 g/mol. The second-order valence-electron chi connectivity index (χ2n) is 5.53. The molecular formula is C16H15ClF3N3O. The van der Waals surface area contributed by atoms with E-state index in [9.17, 15) is 18.0 Å². The number of amides is 1. The summed E-state index contributed by atoms with van der Waals surface area (Å²) in [5.41, 5.74) is -0.406. The van der Waals surface area contributed by atoms with Crippen molar-refractivity contribution in [2.24, 2.45) is 0 Å². The van der Waals surface area contributed by atoms with E-state index in [0.29, 0.717) is 11.5 Å². The van der Waals surface area contributed by atoms with Crippen LogP contribution in [0.5, 0.6) is 0 Å². The molecule has 0 fully saturated rings. The van der Waals surface area contributed by atoms with E-state index in [1.807, 2.05) is 13.8 Å². The lowest BCUT2D eigenvalue weighted by Crippen LogP contribution is -2.17. The lowest BCUT2D eigenvalue weighted by atomic mass is 10.1. The number of nitrogens with one attached hydrogen (secondary N) is 1. The van der Waals surface area contributed by atoms with Gasteiger partial charge in [0.1, 0.15) is 5.82 Å². The van der Waals surface area contributed by atoms with Gasteiger partial charge in [0.05, 0.1) is 27.5 Å². The molecule has 2 rings (SSSR count). The lowest BCUT2D eigenvalue weighted by molar-refractivity contribution is -0.137. The Kier molecular flexibility index (Phi) is 5.13. The Balaban J connectivity index is 2.30. The highest BCUT2D eigenvalue weighted by Gasteiger charge is 2.31. The van der Waals surface area contributed by atoms with Crippen molar-refractivity contribution >= 4 is 23.2 Å². The van der Waals surface area contributed by atoms with Crippen molar-refractivity contribution in [1.29, 1.82) is 0 Å². The average molecular weight is 358 g/mol. The van der Waals surface area contributed by atoms with Gasteiger partial charge in [0.2, 0.25) is 0 Å². The third-order valence-corrected chi connectivity index (χ3v) is 3.63. The molecule has 128 valence electrons. The Morgan fingerprint density at radius 2 is 1.96 bits per heavy atom. The van der Waals surface area contributed by atoms with E-state index in [1.54, 1.807) is 6.92 Å². The van der Waals surface area contributed by atoms with Gasteiger partial charge in [0.25, 0.3) is 5.91 Å². The molecule has 0 radical (unpaired) electrons. The first-order valence-corrected chi connectivity index (χ1v) is 7.49. The number of aryl methyl sites for hydroxylation is 1. The van der Waals surface area contributed by atoms with Gasteiger partial charge in [-0.25, -0.2) is 9.97 Å². The van der Waals surface area contributed by atoms with Crippen LogP contribution < -0.4 is 5.32 Å². The standard InChI is InChI=1S/C16H15ClF3N3O/c1-8(2)14-21-7-11(9(3)22-14)15(24)23-13-6-10(16(18,19)20)4-5-12(13)17/h4-8H,1-3H3,(H,23,24). The summed E-state index contributed by atoms with van der Waals surface area (Å²) in [5.74, 6) is 0.0592. The number of hydrogen-bond acceptors (Lipinski definition) is 3. The molecule has 8 heteroatoms. The third kappa shape index (κ3) is 4.03. The Labute approximate surface area is 142 Å². The van der Waals surface area contributed by atoms with Crippen molar-refractivity contribution in [2.75, 3.05) is 5.32 Å². The summed E-state index contributed by atoms with van der Waals surface area (Å²) in [5, 5.41) is 2.39. The first kappa shape index (κ1) is 18.2. The monoisotopic (exact) mass is 357 g/mol. The zero-order valence-corrected chi connectivity index (χ0v) is 14.0. The molecule has 1 aromatic carbocycles. The van der Waals surface area contributed by atoms with E-state index in [4.69, 9.17) is 11.6 Å². The number of alkyl halides is 3. The van der Waals surface area contributed by atoms with Crippen molar-refractivity contribution < 1.29 is 18.0 Å². The second kappa shape index (κ2) is 6.76. The van der Waals surface area contributed by atoms with Gasteiger partial charge < -0.3 is 5.32 Å². The zero-order chi connectivity index (χ0) is 18.1. The Morgan fingerprint density at radius 3 is 2.50 bits per heavy atom. The summed E-state index contributed by atoms with van der Waals surface area (Å²) in [6.45, 7) is 5.46. The zero-order valence-electron chi connectivity index (χ0n) is 13.2. The molecule has 0 aliphatic carbocycles. The normalized spacial score (nSPS) is 11.7. The van der Waals surface area contributed by atoms with E-state index in [0.717, 1.165) is 18.2 Å². The predicted molar refractivity (Wildman–Crippen MR) is 85.3 cm³/mol. The highest BCUT2D eigenvalue weighted by Crippen LogP contribution is 2.34. The number of carbonyl (C=O) groups excluding carboxylic acids is 1. The Morgan fingerprint density at radius 1 is 1.29 bits per heavy atom. The molecule has 0 spiro atoms. The minimum Gasteiger partial charge on any atom is -0.321 e. The van der Waals surface area contributed by atoms with Crippen LogP contribution in [-0.4, -0.2) is 15.9 Å². The van der Waals surface area contributed by atoms with Gasteiger partial charge in [-0.2, -0.15) is 13.2 Å². The minimum absolute atomic E-state index is 0.00808. The Hall–Kier alpha value is -2.15. The van der Waals surface area contributed by atoms with Gasteiger partial charge in [-0.05, 0) is 25.1 Å². The lowest BCUT2D eigenvalue weighted by Gasteiger charge is -2.13. The molecule has 0 aliphatic heterocycles. The van der Waals surface area contributed by atoms with E-state index in [-0.39, 0.29) is 22.2 Å². The maximum Gasteiger partial charge on any atom is 0.416 e. The van der Waals surface area contributed by atoms with Crippen LogP contribution >= 0.6 is 11.6 Å². The molecule has 1 amide bonds. The average Bonchev–Trinajstić information content (AvgIpc) is 2.47. The summed E-state index contributed by atoms with van der Waals surface area (Å²) >= 11 is 5.87. The van der Waals surface area contributed by atoms with Gasteiger partial charge in [0.15, 0.2) is 0 Å². The van der Waals surface area contributed by atoms with E-state index in [1.165, 1.54) is 6.20 Å². The number of nitrogens with zero attached hydrogens (tertiary/aromatic N) is 2. The molecule has 4 nitrogen and oxygen atoms in total. The van der Waals surface area contributed by atoms with Crippen LogP contribution in [0.1, 0.15) is 47.2 Å². The van der Waals surface area contributed by atoms with E-state index >= 15 is 0 Å². The van der Waals surface area contributed by atoms with Crippen molar-refractivity contribution in [2.45, 2.75) is 32.9 Å². The first-order valence-electron chi connectivity index (χ1n) is 7.11. The molecule has 24 heavy (non-hydrogen) atoms. The van der Waals surface area contributed by atoms with Crippen LogP contribution in [0, 0.1) is 6.92 Å². The van der Waals surface area contributed by atoms with Gasteiger partial charge in [-0.1, -0.05) is 25.4 Å². The van der Waals surface area contributed by atoms with Crippen LogP contribution in [0.15, 0.2) is 24.4 Å². The number of benzene rings is 1. The molecule has 1 N–H and O–H groups in total. The van der Waals surface area contributed by atoms with Crippen LogP contribution in [0.3, 0.4) is 0 Å². The SMILES string of the molecule is Cc1nc(C(C)C)ncc1C(=O)Nc1cc(C(F)(F)F)ccc1Cl. The Bertz CT molecular complexity index is 776. The van der Waals surface area contributed by atoms with Crippen molar-refractivity contribution in [3.8, 4) is 0 Å². The number of rotatable bonds is 3. The quantitative estimate of drug-likeness (QED) is 0.855. The van der Waals surface area contributed by atoms with E-state index < -0.39 is 17.6 Å². The molecule has 0 saturated heterocycles. The molecule has 1 aromatic heterocycles. The van der Waals surface area contributed by atoms with Crippen LogP contribution in [0.2, 0.25) is 5.02 Å². The molecule has 0 saturated carbocycles. The van der Waals surface area contributed by atoms with Crippen molar-refractivity contribution in [1.82, 2.24) is 9.97 Å². The van der Waals surface area contributed by atoms with Crippen molar-refractivity contribution in [3.05, 3.63) is 52.1 Å². The fourth-order valence-electron chi connectivity index (χ4n) is 1.97. The third-order valence-electron chi connectivity index (χ3n) is 3.30. The molecule has 0 atom stereocenters. The highest BCUT2D eigenvalue weighted by atomic mass is 35.5. The maximum absolute atomic E-state index is 12.8. The number of hydrogen-bond donors (Lipinski definition) is 1. The fourth-order valence-corrected chi connectivity index (χ4v) is 2.14. The number of carbonyl (C=O) groups is 1. The minimum atomic E-state index is -4.53. The first-order chi connectivity index (χ1) is 11.1. The molecule has 2 aromatic rings. The largest absolute Gasteiger partial charge is 0.416 e. The van der Waals surface area contributed by atoms with Crippen LogP contribution in [0.4, 0.5) is 18.9 Å².